The van der Waals surface area contributed by atoms with Gasteiger partial charge < -0.3 is 8.98 Å². The molecule has 0 spiro atoms. The summed E-state index contributed by atoms with van der Waals surface area (Å²) in [4.78, 5) is 15.6. The molecule has 0 amide bonds. The highest BCUT2D eigenvalue weighted by Gasteiger charge is 2.23. The van der Waals surface area contributed by atoms with Crippen LogP contribution in [0.25, 0.3) is 125 Å². The number of nitrogens with zero attached hydrogens (tertiary/aromatic N) is 4. The van der Waals surface area contributed by atoms with E-state index in [0.29, 0.717) is 17.5 Å². The number of hydrogen-bond acceptors (Lipinski definition) is 5. The van der Waals surface area contributed by atoms with Crippen molar-refractivity contribution in [3.8, 4) is 39.9 Å². The molecular formula is C53H30N4OS. The van der Waals surface area contributed by atoms with Crippen LogP contribution in [-0.4, -0.2) is 19.5 Å². The van der Waals surface area contributed by atoms with Gasteiger partial charge in [0.05, 0.1) is 16.7 Å². The smallest absolute Gasteiger partial charge is 0.164 e. The van der Waals surface area contributed by atoms with Crippen LogP contribution in [0.4, 0.5) is 0 Å². The molecule has 0 fully saturated rings. The number of para-hydroxylation sites is 1. The zero-order valence-electron chi connectivity index (χ0n) is 31.4. The number of hydrogen-bond donors (Lipinski definition) is 0. The molecule has 5 nitrogen and oxygen atoms in total. The van der Waals surface area contributed by atoms with E-state index in [9.17, 15) is 0 Å². The van der Waals surface area contributed by atoms with E-state index < -0.39 is 0 Å². The van der Waals surface area contributed by atoms with Crippen LogP contribution in [0.5, 0.6) is 0 Å². The standard InChI is InChI=1S/C53H30N4OS/c1-2-13-31(14-3-1)51-54-52(34-25-26-48-41(28-34)37-19-9-11-24-47(37)59-48)56-53(55-51)39-21-12-23-45-50(39)49-38-20-7-6-17-35(38)44(30-46(49)58-45)57-42-22-10-8-18-36(42)40-27-32-15-4-5-16-33(32)29-43(40)57/h1-30H. The highest BCUT2D eigenvalue weighted by molar-refractivity contribution is 7.25. The first-order valence-electron chi connectivity index (χ1n) is 19.8. The molecule has 4 aromatic heterocycles. The molecule has 0 saturated heterocycles. The van der Waals surface area contributed by atoms with Crippen molar-refractivity contribution < 1.29 is 4.42 Å². The average Bonchev–Trinajstić information content (AvgIpc) is 3.97. The van der Waals surface area contributed by atoms with Crippen LogP contribution in [0.1, 0.15) is 0 Å². The van der Waals surface area contributed by atoms with Gasteiger partial charge in [-0.1, -0.05) is 127 Å². The van der Waals surface area contributed by atoms with Crippen molar-refractivity contribution >= 4 is 96.8 Å². The molecular weight excluding hydrogens is 741 g/mol. The summed E-state index contributed by atoms with van der Waals surface area (Å²) in [7, 11) is 0. The van der Waals surface area contributed by atoms with Gasteiger partial charge in [0.1, 0.15) is 11.2 Å². The summed E-state index contributed by atoms with van der Waals surface area (Å²) in [5.74, 6) is 1.85. The largest absolute Gasteiger partial charge is 0.456 e. The van der Waals surface area contributed by atoms with Crippen LogP contribution < -0.4 is 0 Å². The maximum Gasteiger partial charge on any atom is 0.164 e. The molecule has 0 atom stereocenters. The molecule has 0 radical (unpaired) electrons. The Morgan fingerprint density at radius 3 is 1.93 bits per heavy atom. The molecule has 0 saturated carbocycles. The van der Waals surface area contributed by atoms with Crippen molar-refractivity contribution in [2.24, 2.45) is 0 Å². The van der Waals surface area contributed by atoms with Crippen LogP contribution >= 0.6 is 11.3 Å². The van der Waals surface area contributed by atoms with Crippen LogP contribution in [0.3, 0.4) is 0 Å². The van der Waals surface area contributed by atoms with Crippen LogP contribution in [0.2, 0.25) is 0 Å². The van der Waals surface area contributed by atoms with Crippen LogP contribution in [0, 0.1) is 0 Å². The molecule has 59 heavy (non-hydrogen) atoms. The number of furan rings is 1. The number of fused-ring (bicyclic) bond motifs is 12. The summed E-state index contributed by atoms with van der Waals surface area (Å²) >= 11 is 1.81. The maximum absolute atomic E-state index is 6.88. The van der Waals surface area contributed by atoms with E-state index in [0.717, 1.165) is 66.1 Å². The van der Waals surface area contributed by atoms with E-state index in [2.05, 4.69) is 162 Å². The molecule has 0 aliphatic carbocycles. The summed E-state index contributed by atoms with van der Waals surface area (Å²) in [5, 5.41) is 11.6. The first-order chi connectivity index (χ1) is 29.2. The average molecular weight is 771 g/mol. The van der Waals surface area contributed by atoms with Crippen molar-refractivity contribution in [2.45, 2.75) is 0 Å². The third-order valence-corrected chi connectivity index (χ3v) is 13.0. The molecule has 9 aromatic carbocycles. The third-order valence-electron chi connectivity index (χ3n) is 11.8. The maximum atomic E-state index is 6.88. The minimum Gasteiger partial charge on any atom is -0.456 e. The van der Waals surface area contributed by atoms with Gasteiger partial charge in [0.2, 0.25) is 0 Å². The molecule has 0 aliphatic heterocycles. The summed E-state index contributed by atoms with van der Waals surface area (Å²) in [6, 6.07) is 64.3. The summed E-state index contributed by atoms with van der Waals surface area (Å²) in [6.45, 7) is 0. The van der Waals surface area contributed by atoms with E-state index in [1.165, 1.54) is 41.7 Å². The fourth-order valence-corrected chi connectivity index (χ4v) is 10.2. The zero-order valence-corrected chi connectivity index (χ0v) is 32.2. The Balaban J connectivity index is 1.08. The van der Waals surface area contributed by atoms with Crippen molar-refractivity contribution in [1.82, 2.24) is 19.5 Å². The number of rotatable bonds is 4. The highest BCUT2D eigenvalue weighted by atomic mass is 32.1. The molecule has 0 unspecified atom stereocenters. The second-order valence-corrected chi connectivity index (χ2v) is 16.2. The van der Waals surface area contributed by atoms with E-state index in [1.54, 1.807) is 11.3 Å². The lowest BCUT2D eigenvalue weighted by Gasteiger charge is -2.13. The van der Waals surface area contributed by atoms with E-state index >= 15 is 0 Å². The quantitative estimate of drug-likeness (QED) is 0.179. The van der Waals surface area contributed by atoms with Crippen LogP contribution in [-0.2, 0) is 0 Å². The zero-order chi connectivity index (χ0) is 38.6. The van der Waals surface area contributed by atoms with E-state index in [1.807, 2.05) is 24.3 Å². The van der Waals surface area contributed by atoms with Crippen LogP contribution in [0.15, 0.2) is 186 Å². The Morgan fingerprint density at radius 1 is 0.390 bits per heavy atom. The van der Waals surface area contributed by atoms with Gasteiger partial charge in [0, 0.05) is 69.9 Å². The molecule has 0 bridgehead atoms. The van der Waals surface area contributed by atoms with Crippen molar-refractivity contribution in [3.63, 3.8) is 0 Å². The lowest BCUT2D eigenvalue weighted by molar-refractivity contribution is 0.669. The van der Waals surface area contributed by atoms with Gasteiger partial charge in [-0.25, -0.2) is 15.0 Å². The molecule has 13 aromatic rings. The molecule has 0 aliphatic rings. The van der Waals surface area contributed by atoms with E-state index in [-0.39, 0.29) is 0 Å². The summed E-state index contributed by atoms with van der Waals surface area (Å²) in [5.41, 5.74) is 7.73. The molecule has 6 heteroatoms. The van der Waals surface area contributed by atoms with Gasteiger partial charge in [0.15, 0.2) is 17.5 Å². The molecule has 4 heterocycles. The number of thiophene rings is 1. The Labute approximate surface area is 341 Å². The molecule has 274 valence electrons. The van der Waals surface area contributed by atoms with Gasteiger partial charge in [-0.05, 0) is 64.7 Å². The SMILES string of the molecule is c1ccc(-c2nc(-c3ccc4sc5ccccc5c4c3)nc(-c3cccc4oc5cc(-n6c7ccccc7c7cc8ccccc8cc76)c6ccccc6c5c34)n2)cc1. The lowest BCUT2D eigenvalue weighted by Crippen LogP contribution is -2.00. The van der Waals surface area contributed by atoms with Gasteiger partial charge in [-0.15, -0.1) is 11.3 Å². The fraction of sp³-hybridized carbons (Fsp3) is 0. The molecule has 0 N–H and O–H groups in total. The Hall–Kier alpha value is -7.67. The Bertz CT molecular complexity index is 3860. The summed E-state index contributed by atoms with van der Waals surface area (Å²) in [6.07, 6.45) is 0. The predicted octanol–water partition coefficient (Wildman–Crippen LogP) is 14.5. The Kier molecular flexibility index (Phi) is 6.82. The highest BCUT2D eigenvalue weighted by Crippen LogP contribution is 2.44. The lowest BCUT2D eigenvalue weighted by atomic mass is 9.99. The topological polar surface area (TPSA) is 56.7 Å². The number of benzene rings is 9. The monoisotopic (exact) mass is 770 g/mol. The molecule has 13 rings (SSSR count). The second kappa shape index (κ2) is 12.4. The Morgan fingerprint density at radius 2 is 1.07 bits per heavy atom. The van der Waals surface area contributed by atoms with Gasteiger partial charge in [0.25, 0.3) is 0 Å². The van der Waals surface area contributed by atoms with Gasteiger partial charge >= 0.3 is 0 Å². The third kappa shape index (κ3) is 4.87. The predicted molar refractivity (Wildman–Crippen MR) is 246 cm³/mol. The first-order valence-corrected chi connectivity index (χ1v) is 20.6. The minimum absolute atomic E-state index is 0.597. The normalized spacial score (nSPS) is 12.1. The minimum atomic E-state index is 0.597. The first kappa shape index (κ1) is 32.4. The van der Waals surface area contributed by atoms with Gasteiger partial charge in [-0.2, -0.15) is 0 Å². The fourth-order valence-electron chi connectivity index (χ4n) is 9.16. The number of aromatic nitrogens is 4. The summed E-state index contributed by atoms with van der Waals surface area (Å²) < 4.78 is 11.8. The van der Waals surface area contributed by atoms with Crippen molar-refractivity contribution in [3.05, 3.63) is 182 Å². The van der Waals surface area contributed by atoms with E-state index in [4.69, 9.17) is 19.4 Å². The van der Waals surface area contributed by atoms with Gasteiger partial charge in [-0.3, -0.25) is 0 Å². The second-order valence-electron chi connectivity index (χ2n) is 15.1. The van der Waals surface area contributed by atoms with Crippen molar-refractivity contribution in [1.29, 1.82) is 0 Å². The van der Waals surface area contributed by atoms with Crippen molar-refractivity contribution in [2.75, 3.05) is 0 Å².